The van der Waals surface area contributed by atoms with E-state index in [0.717, 1.165) is 15.4 Å². The highest BCUT2D eigenvalue weighted by Crippen LogP contribution is 2.30. The van der Waals surface area contributed by atoms with Crippen molar-refractivity contribution in [3.63, 3.8) is 0 Å². The Bertz CT molecular complexity index is 1510. The average molecular weight is 483 g/mol. The molecule has 2 aromatic heterocycles. The van der Waals surface area contributed by atoms with E-state index in [1.54, 1.807) is 19.1 Å². The lowest BCUT2D eigenvalue weighted by Crippen LogP contribution is -2.28. The van der Waals surface area contributed by atoms with Crippen molar-refractivity contribution < 1.29 is 13.2 Å². The highest BCUT2D eigenvalue weighted by molar-refractivity contribution is 7.89. The molecule has 0 aliphatic carbocycles. The molecule has 33 heavy (non-hydrogen) atoms. The molecule has 0 fully saturated rings. The zero-order valence-electron chi connectivity index (χ0n) is 18.3. The monoisotopic (exact) mass is 482 g/mol. The van der Waals surface area contributed by atoms with Crippen LogP contribution in [0.25, 0.3) is 21.3 Å². The minimum absolute atomic E-state index is 0.108. The van der Waals surface area contributed by atoms with E-state index in [0.29, 0.717) is 21.5 Å². The van der Waals surface area contributed by atoms with Gasteiger partial charge in [-0.2, -0.15) is 0 Å². The summed E-state index contributed by atoms with van der Waals surface area (Å²) in [5.41, 5.74) is 2.26. The van der Waals surface area contributed by atoms with E-state index in [1.807, 2.05) is 35.7 Å². The van der Waals surface area contributed by atoms with E-state index >= 15 is 0 Å². The van der Waals surface area contributed by atoms with E-state index in [1.165, 1.54) is 42.4 Å². The molecular formula is C23H22N4O4S2. The van der Waals surface area contributed by atoms with Gasteiger partial charge in [-0.3, -0.25) is 14.2 Å². The lowest BCUT2D eigenvalue weighted by atomic mass is 10.1. The molecule has 4 rings (SSSR count). The number of sulfonamides is 1. The number of thiophene rings is 1. The first kappa shape index (κ1) is 22.8. The van der Waals surface area contributed by atoms with Crippen LogP contribution in [-0.2, 0) is 21.4 Å². The number of amides is 1. The lowest BCUT2D eigenvalue weighted by Gasteiger charge is -2.15. The van der Waals surface area contributed by atoms with Gasteiger partial charge >= 0.3 is 0 Å². The molecule has 0 spiro atoms. The Labute approximate surface area is 195 Å². The molecule has 1 N–H and O–H groups in total. The maximum atomic E-state index is 13.1. The molecule has 0 bridgehead atoms. The molecule has 4 aromatic rings. The number of hydrogen-bond donors (Lipinski definition) is 1. The van der Waals surface area contributed by atoms with Gasteiger partial charge in [-0.1, -0.05) is 36.4 Å². The standard InChI is InChI=1S/C23H22N4O4S2/c1-15-9-10-17(11-19(15)33(30,31)26(2)3)25-20(28)12-27-14-24-22-21(23(27)29)18(13-32-22)16-7-5-4-6-8-16/h4-11,13-14H,12H2,1-3H3,(H,25,28). The second-order valence-electron chi connectivity index (χ2n) is 7.69. The Kier molecular flexibility index (Phi) is 6.15. The predicted molar refractivity (Wildman–Crippen MR) is 130 cm³/mol. The first-order chi connectivity index (χ1) is 15.7. The summed E-state index contributed by atoms with van der Waals surface area (Å²) in [5.74, 6) is -0.466. The summed E-state index contributed by atoms with van der Waals surface area (Å²) >= 11 is 1.37. The zero-order valence-corrected chi connectivity index (χ0v) is 19.9. The molecule has 1 amide bonds. The van der Waals surface area contributed by atoms with Crippen molar-refractivity contribution in [2.45, 2.75) is 18.4 Å². The van der Waals surface area contributed by atoms with Crippen LogP contribution in [0.4, 0.5) is 5.69 Å². The number of nitrogens with zero attached hydrogens (tertiary/aromatic N) is 3. The minimum Gasteiger partial charge on any atom is -0.324 e. The number of anilines is 1. The zero-order chi connectivity index (χ0) is 23.8. The van der Waals surface area contributed by atoms with Gasteiger partial charge in [-0.05, 0) is 30.2 Å². The van der Waals surface area contributed by atoms with Gasteiger partial charge in [0.25, 0.3) is 5.56 Å². The van der Waals surface area contributed by atoms with Crippen LogP contribution >= 0.6 is 11.3 Å². The van der Waals surface area contributed by atoms with Gasteiger partial charge < -0.3 is 5.32 Å². The summed E-state index contributed by atoms with van der Waals surface area (Å²) in [7, 11) is -0.766. The van der Waals surface area contributed by atoms with Gasteiger partial charge in [0.05, 0.1) is 16.6 Å². The molecule has 2 aromatic carbocycles. The first-order valence-corrected chi connectivity index (χ1v) is 12.4. The third-order valence-corrected chi connectivity index (χ3v) is 8.03. The van der Waals surface area contributed by atoms with Crippen LogP contribution in [0.5, 0.6) is 0 Å². The summed E-state index contributed by atoms with van der Waals surface area (Å²) in [5, 5.41) is 5.03. The van der Waals surface area contributed by atoms with Crippen molar-refractivity contribution >= 4 is 43.2 Å². The van der Waals surface area contributed by atoms with Crippen LogP contribution in [0.15, 0.2) is 69.9 Å². The SMILES string of the molecule is Cc1ccc(NC(=O)Cn2cnc3scc(-c4ccccc4)c3c2=O)cc1S(=O)(=O)N(C)C. The quantitative estimate of drug-likeness (QED) is 0.454. The fraction of sp³-hybridized carbons (Fsp3) is 0.174. The second-order valence-corrected chi connectivity index (χ2v) is 10.7. The third-order valence-electron chi connectivity index (χ3n) is 5.19. The highest BCUT2D eigenvalue weighted by atomic mass is 32.2. The lowest BCUT2D eigenvalue weighted by molar-refractivity contribution is -0.116. The number of hydrogen-bond acceptors (Lipinski definition) is 6. The number of fused-ring (bicyclic) bond motifs is 1. The molecule has 0 atom stereocenters. The normalized spacial score (nSPS) is 11.8. The number of nitrogens with one attached hydrogen (secondary N) is 1. The average Bonchev–Trinajstić information content (AvgIpc) is 3.22. The van der Waals surface area contributed by atoms with Gasteiger partial charge in [0.15, 0.2) is 0 Å². The molecular weight excluding hydrogens is 460 g/mol. The molecule has 0 radical (unpaired) electrons. The summed E-state index contributed by atoms with van der Waals surface area (Å²) < 4.78 is 27.4. The van der Waals surface area contributed by atoms with E-state index < -0.39 is 15.9 Å². The van der Waals surface area contributed by atoms with Crippen LogP contribution < -0.4 is 10.9 Å². The van der Waals surface area contributed by atoms with Crippen molar-refractivity contribution in [2.75, 3.05) is 19.4 Å². The number of aryl methyl sites for hydroxylation is 1. The summed E-state index contributed by atoms with van der Waals surface area (Å²) in [6.45, 7) is 1.43. The Morgan fingerprint density at radius 3 is 2.58 bits per heavy atom. The Balaban J connectivity index is 1.62. The van der Waals surface area contributed by atoms with Gasteiger partial charge in [0.2, 0.25) is 15.9 Å². The molecule has 0 unspecified atom stereocenters. The van der Waals surface area contributed by atoms with Crippen LogP contribution in [0.1, 0.15) is 5.56 Å². The molecule has 170 valence electrons. The summed E-state index contributed by atoms with van der Waals surface area (Å²) in [4.78, 5) is 30.9. The third kappa shape index (κ3) is 4.45. The molecule has 0 saturated heterocycles. The summed E-state index contributed by atoms with van der Waals surface area (Å²) in [6, 6.07) is 14.2. The molecule has 0 aliphatic rings. The van der Waals surface area contributed by atoms with Crippen molar-refractivity contribution in [3.8, 4) is 11.1 Å². The van der Waals surface area contributed by atoms with Gasteiger partial charge in [0, 0.05) is 30.7 Å². The fourth-order valence-electron chi connectivity index (χ4n) is 3.42. The van der Waals surface area contributed by atoms with Crippen LogP contribution in [0, 0.1) is 6.92 Å². The number of carbonyl (C=O) groups is 1. The molecule has 0 saturated carbocycles. The highest BCUT2D eigenvalue weighted by Gasteiger charge is 2.21. The molecule has 8 nitrogen and oxygen atoms in total. The Morgan fingerprint density at radius 1 is 1.15 bits per heavy atom. The number of benzene rings is 2. The topological polar surface area (TPSA) is 101 Å². The molecule has 10 heteroatoms. The van der Waals surface area contributed by atoms with Crippen molar-refractivity contribution in [2.24, 2.45) is 0 Å². The Hall–Kier alpha value is -3.34. The number of aromatic nitrogens is 2. The van der Waals surface area contributed by atoms with Gasteiger partial charge in [0.1, 0.15) is 11.4 Å². The number of rotatable bonds is 6. The van der Waals surface area contributed by atoms with Crippen molar-refractivity contribution in [3.05, 3.63) is 76.2 Å². The Morgan fingerprint density at radius 2 is 1.88 bits per heavy atom. The smallest absolute Gasteiger partial charge is 0.263 e. The minimum atomic E-state index is -3.66. The maximum absolute atomic E-state index is 13.1. The predicted octanol–water partition coefficient (Wildman–Crippen LogP) is 3.32. The van der Waals surface area contributed by atoms with Crippen molar-refractivity contribution in [1.82, 2.24) is 13.9 Å². The van der Waals surface area contributed by atoms with E-state index in [2.05, 4.69) is 10.3 Å². The first-order valence-electron chi connectivity index (χ1n) is 10.0. The molecule has 2 heterocycles. The summed E-state index contributed by atoms with van der Waals surface area (Å²) in [6.07, 6.45) is 1.35. The van der Waals surface area contributed by atoms with Crippen LogP contribution in [0.2, 0.25) is 0 Å². The fourth-order valence-corrected chi connectivity index (χ4v) is 5.47. The van der Waals surface area contributed by atoms with E-state index in [-0.39, 0.29) is 17.0 Å². The molecule has 0 aliphatic heterocycles. The van der Waals surface area contributed by atoms with Crippen LogP contribution in [0.3, 0.4) is 0 Å². The van der Waals surface area contributed by atoms with Gasteiger partial charge in [-0.25, -0.2) is 17.7 Å². The maximum Gasteiger partial charge on any atom is 0.263 e. The number of carbonyl (C=O) groups excluding carboxylic acids is 1. The largest absolute Gasteiger partial charge is 0.324 e. The van der Waals surface area contributed by atoms with E-state index in [9.17, 15) is 18.0 Å². The second kappa shape index (κ2) is 8.89. The van der Waals surface area contributed by atoms with Gasteiger partial charge in [-0.15, -0.1) is 11.3 Å². The van der Waals surface area contributed by atoms with Crippen LogP contribution in [-0.4, -0.2) is 42.3 Å². The van der Waals surface area contributed by atoms with Crippen molar-refractivity contribution in [1.29, 1.82) is 0 Å². The van der Waals surface area contributed by atoms with E-state index in [4.69, 9.17) is 0 Å².